The first-order valence-electron chi connectivity index (χ1n) is 4.66. The molecule has 0 spiro atoms. The molecule has 4 heteroatoms. The van der Waals surface area contributed by atoms with Crippen molar-refractivity contribution < 1.29 is 4.79 Å². The minimum atomic E-state index is 0.441. The highest BCUT2D eigenvalue weighted by Crippen LogP contribution is 2.05. The van der Waals surface area contributed by atoms with E-state index in [0.29, 0.717) is 12.4 Å². The van der Waals surface area contributed by atoms with Gasteiger partial charge in [-0.2, -0.15) is 0 Å². The zero-order valence-corrected chi connectivity index (χ0v) is 8.42. The van der Waals surface area contributed by atoms with Crippen LogP contribution >= 0.6 is 0 Å². The van der Waals surface area contributed by atoms with Crippen molar-refractivity contribution >= 4 is 6.29 Å². The molecule has 2 aromatic heterocycles. The summed E-state index contributed by atoms with van der Waals surface area (Å²) in [5.74, 6) is 0.441. The standard InChI is InChI=1S/C11H11N3O/c1-9-4-10(6-12-5-9)7-14-3-2-13-11(14)8-15/h2-6,8H,7H2,1H3. The molecule has 2 rings (SSSR count). The van der Waals surface area contributed by atoms with Gasteiger partial charge in [0.2, 0.25) is 0 Å². The van der Waals surface area contributed by atoms with Crippen LogP contribution in [0.4, 0.5) is 0 Å². The van der Waals surface area contributed by atoms with Crippen LogP contribution in [0.15, 0.2) is 30.9 Å². The maximum absolute atomic E-state index is 10.6. The predicted octanol–water partition coefficient (Wildman–Crippen LogP) is 1.45. The van der Waals surface area contributed by atoms with Crippen molar-refractivity contribution in [2.45, 2.75) is 13.5 Å². The predicted molar refractivity (Wildman–Crippen MR) is 55.7 cm³/mol. The van der Waals surface area contributed by atoms with Gasteiger partial charge in [-0.25, -0.2) is 4.98 Å². The van der Waals surface area contributed by atoms with E-state index in [9.17, 15) is 4.79 Å². The Hall–Kier alpha value is -1.97. The van der Waals surface area contributed by atoms with Gasteiger partial charge in [0.15, 0.2) is 12.1 Å². The van der Waals surface area contributed by atoms with Crippen molar-refractivity contribution in [2.75, 3.05) is 0 Å². The van der Waals surface area contributed by atoms with Crippen LogP contribution < -0.4 is 0 Å². The molecule has 0 fully saturated rings. The van der Waals surface area contributed by atoms with Gasteiger partial charge in [-0.1, -0.05) is 6.07 Å². The molecule has 0 saturated carbocycles. The van der Waals surface area contributed by atoms with Crippen LogP contribution in [0.2, 0.25) is 0 Å². The molecule has 0 amide bonds. The number of nitrogens with zero attached hydrogens (tertiary/aromatic N) is 3. The van der Waals surface area contributed by atoms with Gasteiger partial charge in [0, 0.05) is 24.8 Å². The third-order valence-corrected chi connectivity index (χ3v) is 2.14. The maximum atomic E-state index is 10.6. The molecule has 4 nitrogen and oxygen atoms in total. The Labute approximate surface area is 87.6 Å². The highest BCUT2D eigenvalue weighted by molar-refractivity contribution is 5.69. The lowest BCUT2D eigenvalue weighted by molar-refractivity contribution is 0.111. The van der Waals surface area contributed by atoms with Gasteiger partial charge >= 0.3 is 0 Å². The molecule has 2 aromatic rings. The van der Waals surface area contributed by atoms with E-state index in [1.54, 1.807) is 29.4 Å². The zero-order valence-electron chi connectivity index (χ0n) is 8.42. The number of imidazole rings is 1. The topological polar surface area (TPSA) is 47.8 Å². The quantitative estimate of drug-likeness (QED) is 0.706. The van der Waals surface area contributed by atoms with Crippen molar-refractivity contribution in [1.29, 1.82) is 0 Å². The highest BCUT2D eigenvalue weighted by atomic mass is 16.1. The van der Waals surface area contributed by atoms with Crippen LogP contribution in [0.3, 0.4) is 0 Å². The first-order chi connectivity index (χ1) is 7.29. The van der Waals surface area contributed by atoms with Crippen LogP contribution in [0.25, 0.3) is 0 Å². The third-order valence-electron chi connectivity index (χ3n) is 2.14. The number of aldehydes is 1. The molecule has 0 saturated heterocycles. The number of hydrogen-bond acceptors (Lipinski definition) is 3. The fraction of sp³-hybridized carbons (Fsp3) is 0.182. The molecule has 76 valence electrons. The summed E-state index contributed by atoms with van der Waals surface area (Å²) in [7, 11) is 0. The summed E-state index contributed by atoms with van der Waals surface area (Å²) in [6.45, 7) is 2.62. The fourth-order valence-electron chi connectivity index (χ4n) is 1.47. The molecule has 15 heavy (non-hydrogen) atoms. The number of aryl methyl sites for hydroxylation is 1. The van der Waals surface area contributed by atoms with Gasteiger partial charge in [0.1, 0.15) is 0 Å². The van der Waals surface area contributed by atoms with Gasteiger partial charge < -0.3 is 4.57 Å². The summed E-state index contributed by atoms with van der Waals surface area (Å²) in [5, 5.41) is 0. The molecule has 0 aliphatic heterocycles. The number of rotatable bonds is 3. The minimum Gasteiger partial charge on any atom is -0.324 e. The van der Waals surface area contributed by atoms with Crippen LogP contribution in [-0.4, -0.2) is 20.8 Å². The highest BCUT2D eigenvalue weighted by Gasteiger charge is 2.01. The van der Waals surface area contributed by atoms with Gasteiger partial charge in [0.05, 0.1) is 6.54 Å². The molecule has 0 N–H and O–H groups in total. The average Bonchev–Trinajstić information content (AvgIpc) is 2.65. The lowest BCUT2D eigenvalue weighted by Gasteiger charge is -2.04. The summed E-state index contributed by atoms with van der Waals surface area (Å²) in [5.41, 5.74) is 2.18. The maximum Gasteiger partial charge on any atom is 0.185 e. The number of aromatic nitrogens is 3. The van der Waals surface area contributed by atoms with Crippen LogP contribution in [0, 0.1) is 6.92 Å². The lowest BCUT2D eigenvalue weighted by Crippen LogP contribution is -2.03. The van der Waals surface area contributed by atoms with Gasteiger partial charge in [-0.3, -0.25) is 9.78 Å². The molecule has 0 radical (unpaired) electrons. The Bertz CT molecular complexity index is 476. The van der Waals surface area contributed by atoms with Crippen molar-refractivity contribution in [3.05, 3.63) is 47.8 Å². The molecule has 0 unspecified atom stereocenters. The normalized spacial score (nSPS) is 10.2. The van der Waals surface area contributed by atoms with Crippen molar-refractivity contribution in [3.8, 4) is 0 Å². The van der Waals surface area contributed by atoms with Crippen LogP contribution in [0.5, 0.6) is 0 Å². The van der Waals surface area contributed by atoms with E-state index in [1.165, 1.54) is 0 Å². The second-order valence-corrected chi connectivity index (χ2v) is 3.40. The minimum absolute atomic E-state index is 0.441. The lowest BCUT2D eigenvalue weighted by atomic mass is 10.2. The van der Waals surface area contributed by atoms with E-state index >= 15 is 0 Å². The van der Waals surface area contributed by atoms with Crippen LogP contribution in [-0.2, 0) is 6.54 Å². The second kappa shape index (κ2) is 4.04. The van der Waals surface area contributed by atoms with Crippen LogP contribution in [0.1, 0.15) is 21.7 Å². The summed E-state index contributed by atoms with van der Waals surface area (Å²) < 4.78 is 1.80. The van der Waals surface area contributed by atoms with Gasteiger partial charge in [0.25, 0.3) is 0 Å². The number of hydrogen-bond donors (Lipinski definition) is 0. The number of pyridine rings is 1. The Morgan fingerprint density at radius 1 is 1.47 bits per heavy atom. The monoisotopic (exact) mass is 201 g/mol. The molecule has 0 aliphatic rings. The van der Waals surface area contributed by atoms with Gasteiger partial charge in [-0.05, 0) is 18.1 Å². The molecule has 0 aliphatic carbocycles. The Morgan fingerprint density at radius 2 is 2.33 bits per heavy atom. The number of carbonyl (C=O) groups is 1. The Kier molecular flexibility index (Phi) is 2.58. The SMILES string of the molecule is Cc1cncc(Cn2ccnc2C=O)c1. The Balaban J connectivity index is 2.25. The summed E-state index contributed by atoms with van der Waals surface area (Å²) in [6.07, 6.45) is 7.75. The van der Waals surface area contributed by atoms with E-state index in [4.69, 9.17) is 0 Å². The first-order valence-corrected chi connectivity index (χ1v) is 4.66. The van der Waals surface area contributed by atoms with E-state index in [0.717, 1.165) is 17.4 Å². The fourth-order valence-corrected chi connectivity index (χ4v) is 1.47. The number of carbonyl (C=O) groups excluding carboxylic acids is 1. The molecular weight excluding hydrogens is 190 g/mol. The summed E-state index contributed by atoms with van der Waals surface area (Å²) in [4.78, 5) is 18.7. The molecule has 0 atom stereocenters. The second-order valence-electron chi connectivity index (χ2n) is 3.40. The Morgan fingerprint density at radius 3 is 3.07 bits per heavy atom. The van der Waals surface area contributed by atoms with Crippen molar-refractivity contribution in [2.24, 2.45) is 0 Å². The molecule has 0 bridgehead atoms. The largest absolute Gasteiger partial charge is 0.324 e. The van der Waals surface area contributed by atoms with E-state index in [2.05, 4.69) is 9.97 Å². The molecule has 0 aromatic carbocycles. The molecular formula is C11H11N3O. The van der Waals surface area contributed by atoms with Crippen molar-refractivity contribution in [3.63, 3.8) is 0 Å². The summed E-state index contributed by atoms with van der Waals surface area (Å²) in [6, 6.07) is 2.04. The smallest absolute Gasteiger partial charge is 0.185 e. The van der Waals surface area contributed by atoms with E-state index in [1.807, 2.05) is 13.0 Å². The third kappa shape index (κ3) is 2.10. The van der Waals surface area contributed by atoms with E-state index in [-0.39, 0.29) is 0 Å². The molecule has 2 heterocycles. The first kappa shape index (κ1) is 9.58. The average molecular weight is 201 g/mol. The van der Waals surface area contributed by atoms with E-state index < -0.39 is 0 Å². The zero-order chi connectivity index (χ0) is 10.7. The van der Waals surface area contributed by atoms with Gasteiger partial charge in [-0.15, -0.1) is 0 Å². The summed E-state index contributed by atoms with van der Waals surface area (Å²) >= 11 is 0. The van der Waals surface area contributed by atoms with Crippen molar-refractivity contribution in [1.82, 2.24) is 14.5 Å².